The first kappa shape index (κ1) is 37.3. The molecule has 0 fully saturated rings. The molecule has 0 saturated heterocycles. The molecule has 0 spiro atoms. The lowest BCUT2D eigenvalue weighted by Gasteiger charge is -2.26. The maximum Gasteiger partial charge on any atom is 0.0541 e. The summed E-state index contributed by atoms with van der Waals surface area (Å²) in [7, 11) is 0. The molecule has 0 atom stereocenters. The molecule has 0 amide bonds. The minimum Gasteiger partial charge on any atom is -0.310 e. The number of rotatable bonds is 8. The Kier molecular flexibility index (Phi) is 9.20. The van der Waals surface area contributed by atoms with Gasteiger partial charge in [-0.05, 0) is 127 Å². The maximum atomic E-state index is 2.42. The van der Waals surface area contributed by atoms with Gasteiger partial charge in [0.25, 0.3) is 0 Å². The van der Waals surface area contributed by atoms with Gasteiger partial charge < -0.3 is 9.47 Å². The number of fused-ring (bicyclic) bond motifs is 5. The molecule has 12 aromatic rings. The zero-order valence-electron chi connectivity index (χ0n) is 35.1. The Labute approximate surface area is 373 Å². The summed E-state index contributed by atoms with van der Waals surface area (Å²) in [6.45, 7) is 0. The molecule has 0 unspecified atom stereocenters. The van der Waals surface area contributed by atoms with Crippen LogP contribution < -0.4 is 4.90 Å². The van der Waals surface area contributed by atoms with Gasteiger partial charge in [0, 0.05) is 33.4 Å². The third-order valence-corrected chi connectivity index (χ3v) is 12.8. The summed E-state index contributed by atoms with van der Waals surface area (Å²) in [5.74, 6) is 0. The maximum absolute atomic E-state index is 2.42. The van der Waals surface area contributed by atoms with E-state index < -0.39 is 0 Å². The quantitative estimate of drug-likeness (QED) is 0.148. The van der Waals surface area contributed by atoms with Gasteiger partial charge in [-0.2, -0.15) is 0 Å². The van der Waals surface area contributed by atoms with Crippen LogP contribution >= 0.6 is 0 Å². The highest BCUT2D eigenvalue weighted by molar-refractivity contribution is 6.10. The van der Waals surface area contributed by atoms with Gasteiger partial charge in [0.2, 0.25) is 0 Å². The van der Waals surface area contributed by atoms with Gasteiger partial charge >= 0.3 is 0 Å². The van der Waals surface area contributed by atoms with Crippen molar-refractivity contribution in [3.63, 3.8) is 0 Å². The number of benzene rings is 11. The van der Waals surface area contributed by atoms with Gasteiger partial charge in [0.05, 0.1) is 16.7 Å². The first-order valence-corrected chi connectivity index (χ1v) is 22.0. The van der Waals surface area contributed by atoms with E-state index in [2.05, 4.69) is 264 Å². The van der Waals surface area contributed by atoms with Crippen LogP contribution in [-0.4, -0.2) is 4.57 Å². The summed E-state index contributed by atoms with van der Waals surface area (Å²) in [6, 6.07) is 92.7. The molecule has 0 radical (unpaired) electrons. The Morgan fingerprint density at radius 1 is 0.250 bits per heavy atom. The van der Waals surface area contributed by atoms with Crippen molar-refractivity contribution in [2.75, 3.05) is 4.90 Å². The molecule has 300 valence electrons. The number of aromatic nitrogens is 1. The lowest BCUT2D eigenvalue weighted by molar-refractivity contribution is 1.18. The highest BCUT2D eigenvalue weighted by Gasteiger charge is 2.17. The smallest absolute Gasteiger partial charge is 0.0541 e. The summed E-state index contributed by atoms with van der Waals surface area (Å²) in [4.78, 5) is 2.37. The second-order valence-electron chi connectivity index (χ2n) is 16.5. The molecule has 2 heteroatoms. The second kappa shape index (κ2) is 15.8. The summed E-state index contributed by atoms with van der Waals surface area (Å²) in [5.41, 5.74) is 16.4. The number of anilines is 3. The molecule has 11 aromatic carbocycles. The molecule has 0 bridgehead atoms. The largest absolute Gasteiger partial charge is 0.310 e. The summed E-state index contributed by atoms with van der Waals surface area (Å²) < 4.78 is 2.42. The van der Waals surface area contributed by atoms with Gasteiger partial charge in [-0.15, -0.1) is 0 Å². The molecule has 64 heavy (non-hydrogen) atoms. The van der Waals surface area contributed by atoms with E-state index in [0.29, 0.717) is 0 Å². The van der Waals surface area contributed by atoms with Crippen LogP contribution in [0.15, 0.2) is 255 Å². The van der Waals surface area contributed by atoms with Crippen LogP contribution in [0.1, 0.15) is 0 Å². The van der Waals surface area contributed by atoms with E-state index >= 15 is 0 Å². The zero-order chi connectivity index (χ0) is 42.4. The minimum absolute atomic E-state index is 1.09. The number of para-hydroxylation sites is 3. The normalized spacial score (nSPS) is 11.4. The third-order valence-electron chi connectivity index (χ3n) is 12.8. The lowest BCUT2D eigenvalue weighted by Crippen LogP contribution is -2.10. The van der Waals surface area contributed by atoms with Crippen molar-refractivity contribution in [1.29, 1.82) is 0 Å². The molecular formula is C62H42N2. The summed E-state index contributed by atoms with van der Waals surface area (Å²) in [6.07, 6.45) is 0. The number of hydrogen-bond acceptors (Lipinski definition) is 1. The fourth-order valence-corrected chi connectivity index (χ4v) is 9.67. The van der Waals surface area contributed by atoms with Crippen LogP contribution in [0.5, 0.6) is 0 Å². The Morgan fingerprint density at radius 2 is 0.750 bits per heavy atom. The van der Waals surface area contributed by atoms with Crippen LogP contribution in [0.3, 0.4) is 0 Å². The molecule has 1 heterocycles. The zero-order valence-corrected chi connectivity index (χ0v) is 35.1. The summed E-state index contributed by atoms with van der Waals surface area (Å²) >= 11 is 0. The van der Waals surface area contributed by atoms with Crippen molar-refractivity contribution < 1.29 is 0 Å². The highest BCUT2D eigenvalue weighted by atomic mass is 15.1. The van der Waals surface area contributed by atoms with Gasteiger partial charge in [-0.3, -0.25) is 0 Å². The van der Waals surface area contributed by atoms with E-state index in [1.54, 1.807) is 0 Å². The first-order chi connectivity index (χ1) is 31.7. The van der Waals surface area contributed by atoms with Gasteiger partial charge in [0.15, 0.2) is 0 Å². The van der Waals surface area contributed by atoms with Gasteiger partial charge in [0.1, 0.15) is 0 Å². The van der Waals surface area contributed by atoms with Crippen molar-refractivity contribution in [3.05, 3.63) is 255 Å². The lowest BCUT2D eigenvalue weighted by atomic mass is 9.97. The molecule has 0 aliphatic heterocycles. The van der Waals surface area contributed by atoms with E-state index in [-0.39, 0.29) is 0 Å². The number of nitrogens with zero attached hydrogens (tertiary/aromatic N) is 2. The standard InChI is InChI=1S/C62H42N2/c1-2-16-47-40-50(31-30-43(47)14-1)49-19-12-21-54(42-49)63(53-38-34-46(35-39-53)56-26-13-17-45-15-3-4-22-55(45)56)52-36-32-44(33-37-52)48-18-11-20-51(41-48)57-23-5-8-27-60(57)64-61-28-9-6-24-58(61)59-25-7-10-29-62(59)64/h1-42H. The van der Waals surface area contributed by atoms with E-state index in [1.807, 2.05) is 0 Å². The van der Waals surface area contributed by atoms with E-state index in [9.17, 15) is 0 Å². The molecule has 12 rings (SSSR count). The molecule has 0 N–H and O–H groups in total. The molecule has 1 aromatic heterocycles. The molecular weight excluding hydrogens is 773 g/mol. The van der Waals surface area contributed by atoms with Crippen molar-refractivity contribution in [2.24, 2.45) is 0 Å². The average molecular weight is 815 g/mol. The van der Waals surface area contributed by atoms with Crippen LogP contribution in [0.4, 0.5) is 17.1 Å². The summed E-state index contributed by atoms with van der Waals surface area (Å²) in [5, 5.41) is 7.50. The minimum atomic E-state index is 1.09. The SMILES string of the molecule is c1cc(-c2ccc(N(c3ccc(-c4cccc5ccccc45)cc3)c3cccc(-c4ccc5ccccc5c4)c3)cc2)cc(-c2ccccc2-n2c3ccccc3c3ccccc32)c1. The third kappa shape index (κ3) is 6.61. The van der Waals surface area contributed by atoms with Gasteiger partial charge in [-0.1, -0.05) is 188 Å². The fraction of sp³-hybridized carbons (Fsp3) is 0. The van der Waals surface area contributed by atoms with Gasteiger partial charge in [-0.25, -0.2) is 0 Å². The van der Waals surface area contributed by atoms with E-state index in [0.717, 1.165) is 22.6 Å². The highest BCUT2D eigenvalue weighted by Crippen LogP contribution is 2.41. The van der Waals surface area contributed by atoms with Crippen LogP contribution in [0.2, 0.25) is 0 Å². The van der Waals surface area contributed by atoms with Crippen molar-refractivity contribution >= 4 is 60.4 Å². The van der Waals surface area contributed by atoms with Crippen molar-refractivity contribution in [1.82, 2.24) is 4.57 Å². The Morgan fingerprint density at radius 3 is 1.50 bits per heavy atom. The predicted molar refractivity (Wildman–Crippen MR) is 272 cm³/mol. The van der Waals surface area contributed by atoms with E-state index in [1.165, 1.54) is 88.0 Å². The average Bonchev–Trinajstić information content (AvgIpc) is 3.71. The Hall–Kier alpha value is -8.46. The van der Waals surface area contributed by atoms with Crippen LogP contribution in [-0.2, 0) is 0 Å². The molecule has 2 nitrogen and oxygen atoms in total. The van der Waals surface area contributed by atoms with E-state index in [4.69, 9.17) is 0 Å². The monoisotopic (exact) mass is 814 g/mol. The predicted octanol–water partition coefficient (Wildman–Crippen LogP) is 17.2. The Bertz CT molecular complexity index is 3610. The molecule has 0 aliphatic rings. The van der Waals surface area contributed by atoms with Crippen molar-refractivity contribution in [2.45, 2.75) is 0 Å². The Balaban J connectivity index is 0.930. The number of hydrogen-bond donors (Lipinski definition) is 0. The fourth-order valence-electron chi connectivity index (χ4n) is 9.67. The molecule has 0 aliphatic carbocycles. The van der Waals surface area contributed by atoms with Crippen molar-refractivity contribution in [3.8, 4) is 50.2 Å². The topological polar surface area (TPSA) is 8.17 Å². The van der Waals surface area contributed by atoms with Crippen LogP contribution in [0, 0.1) is 0 Å². The first-order valence-electron chi connectivity index (χ1n) is 22.0. The molecule has 0 saturated carbocycles. The second-order valence-corrected chi connectivity index (χ2v) is 16.5. The van der Waals surface area contributed by atoms with Crippen LogP contribution in [0.25, 0.3) is 93.5 Å².